The highest BCUT2D eigenvalue weighted by molar-refractivity contribution is 6.30. The highest BCUT2D eigenvalue weighted by atomic mass is 35.5. The molecule has 104 valence electrons. The number of benzene rings is 1. The van der Waals surface area contributed by atoms with Crippen molar-refractivity contribution in [2.75, 3.05) is 19.6 Å². The Kier molecular flexibility index (Phi) is 4.77. The number of nitrogens with two attached hydrogens (primary N) is 1. The summed E-state index contributed by atoms with van der Waals surface area (Å²) in [4.78, 5) is 14.0. The van der Waals surface area contributed by atoms with Crippen molar-refractivity contribution in [2.45, 2.75) is 19.3 Å². The van der Waals surface area contributed by atoms with Crippen molar-refractivity contribution in [3.8, 4) is 0 Å². The molecule has 0 radical (unpaired) electrons. The van der Waals surface area contributed by atoms with Gasteiger partial charge < -0.3 is 10.6 Å². The summed E-state index contributed by atoms with van der Waals surface area (Å²) in [5.74, 6) is -0.382. The Hall–Kier alpha value is -1.13. The molecule has 1 aliphatic rings. The summed E-state index contributed by atoms with van der Waals surface area (Å²) in [6.45, 7) is 1.97. The van der Waals surface area contributed by atoms with Gasteiger partial charge in [-0.05, 0) is 49.9 Å². The van der Waals surface area contributed by atoms with Crippen LogP contribution >= 0.6 is 11.6 Å². The molecule has 0 saturated carbocycles. The fourth-order valence-electron chi connectivity index (χ4n) is 2.55. The molecule has 1 atom stereocenters. The summed E-state index contributed by atoms with van der Waals surface area (Å²) in [5.41, 5.74) is 5.65. The molecule has 0 spiro atoms. The van der Waals surface area contributed by atoms with Gasteiger partial charge in [-0.2, -0.15) is 0 Å². The van der Waals surface area contributed by atoms with E-state index in [4.69, 9.17) is 17.3 Å². The number of nitrogens with zero attached hydrogens (tertiary/aromatic N) is 1. The van der Waals surface area contributed by atoms with Gasteiger partial charge in [0.1, 0.15) is 5.82 Å². The lowest BCUT2D eigenvalue weighted by atomic mass is 9.94. The van der Waals surface area contributed by atoms with Crippen LogP contribution < -0.4 is 5.73 Å². The number of halogens is 2. The van der Waals surface area contributed by atoms with Gasteiger partial charge >= 0.3 is 0 Å². The lowest BCUT2D eigenvalue weighted by Gasteiger charge is -2.32. The average Bonchev–Trinajstić information content (AvgIpc) is 2.39. The maximum atomic E-state index is 13.7. The van der Waals surface area contributed by atoms with Crippen LogP contribution in [-0.2, 0) is 0 Å². The monoisotopic (exact) mass is 284 g/mol. The minimum Gasteiger partial charge on any atom is -0.338 e. The predicted octanol–water partition coefficient (Wildman–Crippen LogP) is 2.68. The molecule has 1 aromatic rings. The fourth-order valence-corrected chi connectivity index (χ4v) is 2.71. The van der Waals surface area contributed by atoms with Crippen molar-refractivity contribution in [3.63, 3.8) is 0 Å². The molecule has 1 saturated heterocycles. The quantitative estimate of drug-likeness (QED) is 0.927. The molecule has 0 bridgehead atoms. The van der Waals surface area contributed by atoms with Crippen LogP contribution in [-0.4, -0.2) is 30.4 Å². The Balaban J connectivity index is 2.10. The van der Waals surface area contributed by atoms with Crippen LogP contribution in [0.5, 0.6) is 0 Å². The summed E-state index contributed by atoms with van der Waals surface area (Å²) < 4.78 is 13.7. The third-order valence-corrected chi connectivity index (χ3v) is 3.78. The van der Waals surface area contributed by atoms with E-state index in [1.165, 1.54) is 12.1 Å². The summed E-state index contributed by atoms with van der Waals surface area (Å²) >= 11 is 5.69. The first kappa shape index (κ1) is 14.3. The van der Waals surface area contributed by atoms with Crippen molar-refractivity contribution < 1.29 is 9.18 Å². The zero-order valence-electron chi connectivity index (χ0n) is 10.7. The van der Waals surface area contributed by atoms with E-state index in [2.05, 4.69) is 0 Å². The molecule has 3 nitrogen and oxygen atoms in total. The van der Waals surface area contributed by atoms with Gasteiger partial charge in [0.15, 0.2) is 0 Å². The molecule has 2 N–H and O–H groups in total. The first-order valence-corrected chi connectivity index (χ1v) is 6.94. The molecule has 2 rings (SSSR count). The van der Waals surface area contributed by atoms with E-state index in [0.717, 1.165) is 19.3 Å². The second-order valence-electron chi connectivity index (χ2n) is 4.96. The molecule has 0 aliphatic carbocycles. The molecule has 5 heteroatoms. The van der Waals surface area contributed by atoms with Gasteiger partial charge in [0.05, 0.1) is 5.56 Å². The molecule has 1 aliphatic heterocycles. The SMILES string of the molecule is NCCC1CCCN(C(=O)c2ccc(Cl)cc2F)C1. The van der Waals surface area contributed by atoms with Crippen LogP contribution in [0.2, 0.25) is 5.02 Å². The highest BCUT2D eigenvalue weighted by Crippen LogP contribution is 2.22. The van der Waals surface area contributed by atoms with E-state index >= 15 is 0 Å². The van der Waals surface area contributed by atoms with E-state index in [1.807, 2.05) is 0 Å². The van der Waals surface area contributed by atoms with Crippen molar-refractivity contribution in [1.29, 1.82) is 0 Å². The summed E-state index contributed by atoms with van der Waals surface area (Å²) in [7, 11) is 0. The van der Waals surface area contributed by atoms with Gasteiger partial charge in [-0.15, -0.1) is 0 Å². The van der Waals surface area contributed by atoms with Crippen molar-refractivity contribution in [2.24, 2.45) is 11.7 Å². The number of hydrogen-bond acceptors (Lipinski definition) is 2. The Labute approximate surface area is 117 Å². The lowest BCUT2D eigenvalue weighted by molar-refractivity contribution is 0.0665. The smallest absolute Gasteiger partial charge is 0.256 e. The van der Waals surface area contributed by atoms with E-state index in [-0.39, 0.29) is 11.5 Å². The first-order valence-electron chi connectivity index (χ1n) is 6.56. The normalized spacial score (nSPS) is 19.5. The van der Waals surface area contributed by atoms with Crippen LogP contribution in [0.25, 0.3) is 0 Å². The minimum absolute atomic E-state index is 0.0952. The van der Waals surface area contributed by atoms with E-state index in [0.29, 0.717) is 30.6 Å². The van der Waals surface area contributed by atoms with Gasteiger partial charge in [-0.3, -0.25) is 4.79 Å². The van der Waals surface area contributed by atoms with Crippen LogP contribution in [0.3, 0.4) is 0 Å². The van der Waals surface area contributed by atoms with Crippen molar-refractivity contribution >= 4 is 17.5 Å². The Bertz CT molecular complexity index is 465. The summed E-state index contributed by atoms with van der Waals surface area (Å²) in [6, 6.07) is 4.17. The number of rotatable bonds is 3. The second kappa shape index (κ2) is 6.35. The van der Waals surface area contributed by atoms with Crippen LogP contribution in [0.15, 0.2) is 18.2 Å². The molecular weight excluding hydrogens is 267 g/mol. The topological polar surface area (TPSA) is 46.3 Å². The minimum atomic E-state index is -0.557. The van der Waals surface area contributed by atoms with E-state index < -0.39 is 5.82 Å². The number of carbonyl (C=O) groups excluding carboxylic acids is 1. The lowest BCUT2D eigenvalue weighted by Crippen LogP contribution is -2.40. The largest absolute Gasteiger partial charge is 0.338 e. The molecule has 1 aromatic carbocycles. The molecular formula is C14H18ClFN2O. The Morgan fingerprint density at radius 2 is 2.32 bits per heavy atom. The van der Waals surface area contributed by atoms with Crippen LogP contribution in [0.4, 0.5) is 4.39 Å². The maximum absolute atomic E-state index is 13.7. The number of likely N-dealkylation sites (tertiary alicyclic amines) is 1. The Morgan fingerprint density at radius 1 is 1.53 bits per heavy atom. The second-order valence-corrected chi connectivity index (χ2v) is 5.40. The van der Waals surface area contributed by atoms with Gasteiger partial charge in [0.25, 0.3) is 5.91 Å². The maximum Gasteiger partial charge on any atom is 0.256 e. The van der Waals surface area contributed by atoms with Gasteiger partial charge in [-0.25, -0.2) is 4.39 Å². The Morgan fingerprint density at radius 3 is 3.00 bits per heavy atom. The third-order valence-electron chi connectivity index (χ3n) is 3.54. The van der Waals surface area contributed by atoms with Crippen LogP contribution in [0.1, 0.15) is 29.6 Å². The first-order chi connectivity index (χ1) is 9.11. The van der Waals surface area contributed by atoms with Gasteiger partial charge in [-0.1, -0.05) is 11.6 Å². The predicted molar refractivity (Wildman–Crippen MR) is 73.7 cm³/mol. The summed E-state index contributed by atoms with van der Waals surface area (Å²) in [5, 5.41) is 0.300. The molecule has 19 heavy (non-hydrogen) atoms. The number of carbonyl (C=O) groups is 1. The molecule has 1 unspecified atom stereocenters. The van der Waals surface area contributed by atoms with Crippen molar-refractivity contribution in [3.05, 3.63) is 34.6 Å². The zero-order valence-corrected chi connectivity index (χ0v) is 11.5. The zero-order chi connectivity index (χ0) is 13.8. The number of hydrogen-bond donors (Lipinski definition) is 1. The standard InChI is InChI=1S/C14H18ClFN2O/c15-11-3-4-12(13(16)8-11)14(19)18-7-1-2-10(9-18)5-6-17/h3-4,8,10H,1-2,5-7,9,17H2. The highest BCUT2D eigenvalue weighted by Gasteiger charge is 2.25. The van der Waals surface area contributed by atoms with E-state index in [1.54, 1.807) is 11.0 Å². The third kappa shape index (κ3) is 3.45. The van der Waals surface area contributed by atoms with Gasteiger partial charge in [0, 0.05) is 18.1 Å². The number of amides is 1. The summed E-state index contributed by atoms with van der Waals surface area (Å²) in [6.07, 6.45) is 2.95. The number of piperidine rings is 1. The van der Waals surface area contributed by atoms with Crippen LogP contribution in [0, 0.1) is 11.7 Å². The molecule has 1 heterocycles. The average molecular weight is 285 g/mol. The van der Waals surface area contributed by atoms with E-state index in [9.17, 15) is 9.18 Å². The fraction of sp³-hybridized carbons (Fsp3) is 0.500. The molecule has 0 aromatic heterocycles. The van der Waals surface area contributed by atoms with Crippen molar-refractivity contribution in [1.82, 2.24) is 4.90 Å². The molecule has 1 fully saturated rings. The van der Waals surface area contributed by atoms with Gasteiger partial charge in [0.2, 0.25) is 0 Å². The molecule has 1 amide bonds.